The standard InChI is InChI=1S/C29H34N4O8S2/c1-19-8-11-21(12-9-19)43(36,37)39-17-16-38-20-10-13-22-23(18-20)42-25(30-22)32-15-14-24(31-32)33(26(34)40-28(2,3)4)27(35)41-29(5,6)7/h8-15,18H,16-17H2,1-7H3. The number of thiazole rings is 1. The van der Waals surface area contributed by atoms with Gasteiger partial charge in [0.2, 0.25) is 5.13 Å². The monoisotopic (exact) mass is 630 g/mol. The van der Waals surface area contributed by atoms with Crippen molar-refractivity contribution in [3.05, 3.63) is 60.3 Å². The van der Waals surface area contributed by atoms with Gasteiger partial charge in [-0.25, -0.2) is 19.3 Å². The molecule has 0 saturated carbocycles. The van der Waals surface area contributed by atoms with E-state index in [-0.39, 0.29) is 23.9 Å². The molecule has 230 valence electrons. The predicted molar refractivity (Wildman–Crippen MR) is 162 cm³/mol. The first-order valence-corrected chi connectivity index (χ1v) is 15.5. The van der Waals surface area contributed by atoms with Crippen LogP contribution in [0.4, 0.5) is 15.4 Å². The van der Waals surface area contributed by atoms with Crippen LogP contribution in [0.1, 0.15) is 47.1 Å². The number of nitrogens with zero attached hydrogens (tertiary/aromatic N) is 4. The van der Waals surface area contributed by atoms with Crippen molar-refractivity contribution < 1.29 is 36.4 Å². The van der Waals surface area contributed by atoms with Crippen molar-refractivity contribution in [1.82, 2.24) is 14.8 Å². The fourth-order valence-electron chi connectivity index (χ4n) is 3.57. The summed E-state index contributed by atoms with van der Waals surface area (Å²) in [7, 11) is -3.89. The van der Waals surface area contributed by atoms with E-state index in [2.05, 4.69) is 10.1 Å². The molecule has 0 unspecified atom stereocenters. The van der Waals surface area contributed by atoms with Gasteiger partial charge in [-0.2, -0.15) is 13.3 Å². The van der Waals surface area contributed by atoms with Crippen molar-refractivity contribution in [3.8, 4) is 10.9 Å². The molecule has 43 heavy (non-hydrogen) atoms. The highest BCUT2D eigenvalue weighted by Gasteiger charge is 2.34. The van der Waals surface area contributed by atoms with E-state index in [1.807, 2.05) is 6.92 Å². The summed E-state index contributed by atoms with van der Waals surface area (Å²) < 4.78 is 48.6. The summed E-state index contributed by atoms with van der Waals surface area (Å²) in [5, 5.41) is 4.87. The molecule has 0 atom stereocenters. The van der Waals surface area contributed by atoms with E-state index in [9.17, 15) is 18.0 Å². The van der Waals surface area contributed by atoms with Crippen LogP contribution in [-0.4, -0.2) is 59.8 Å². The highest BCUT2D eigenvalue weighted by atomic mass is 32.2. The summed E-state index contributed by atoms with van der Waals surface area (Å²) >= 11 is 1.30. The molecule has 0 spiro atoms. The van der Waals surface area contributed by atoms with Crippen LogP contribution in [0.25, 0.3) is 15.3 Å². The van der Waals surface area contributed by atoms with Gasteiger partial charge in [-0.15, -0.1) is 5.10 Å². The van der Waals surface area contributed by atoms with Crippen molar-refractivity contribution in [2.75, 3.05) is 18.1 Å². The number of anilines is 1. The van der Waals surface area contributed by atoms with Crippen LogP contribution < -0.4 is 9.64 Å². The van der Waals surface area contributed by atoms with Crippen LogP contribution in [0.3, 0.4) is 0 Å². The van der Waals surface area contributed by atoms with Crippen LogP contribution in [0.15, 0.2) is 59.6 Å². The lowest BCUT2D eigenvalue weighted by Crippen LogP contribution is -2.44. The number of hydrogen-bond donors (Lipinski definition) is 0. The van der Waals surface area contributed by atoms with Crippen molar-refractivity contribution >= 4 is 49.7 Å². The second kappa shape index (κ2) is 12.3. The minimum Gasteiger partial charge on any atom is -0.491 e. The minimum atomic E-state index is -3.89. The Kier molecular flexibility index (Phi) is 9.13. The Bertz CT molecular complexity index is 1690. The van der Waals surface area contributed by atoms with E-state index >= 15 is 0 Å². The van der Waals surface area contributed by atoms with Crippen molar-refractivity contribution in [2.24, 2.45) is 0 Å². The van der Waals surface area contributed by atoms with Crippen molar-refractivity contribution in [1.29, 1.82) is 0 Å². The molecule has 0 bridgehead atoms. The second-order valence-corrected chi connectivity index (χ2v) is 14.1. The van der Waals surface area contributed by atoms with Gasteiger partial charge in [-0.1, -0.05) is 29.0 Å². The Morgan fingerprint density at radius 3 is 2.14 bits per heavy atom. The maximum absolute atomic E-state index is 12.9. The number of aromatic nitrogens is 3. The van der Waals surface area contributed by atoms with Crippen molar-refractivity contribution in [3.63, 3.8) is 0 Å². The topological polar surface area (TPSA) is 139 Å². The number of benzene rings is 2. The number of imide groups is 1. The lowest BCUT2D eigenvalue weighted by Gasteiger charge is -2.27. The number of amides is 2. The molecular weight excluding hydrogens is 596 g/mol. The molecule has 4 rings (SSSR count). The zero-order valence-corrected chi connectivity index (χ0v) is 26.6. The zero-order valence-electron chi connectivity index (χ0n) is 25.0. The fourth-order valence-corrected chi connectivity index (χ4v) is 5.40. The molecule has 0 radical (unpaired) electrons. The van der Waals surface area contributed by atoms with E-state index in [1.165, 1.54) is 34.2 Å². The number of hydrogen-bond acceptors (Lipinski definition) is 11. The van der Waals surface area contributed by atoms with E-state index in [4.69, 9.17) is 18.4 Å². The zero-order chi connectivity index (χ0) is 31.6. The smallest absolute Gasteiger partial charge is 0.425 e. The first-order valence-electron chi connectivity index (χ1n) is 13.3. The van der Waals surface area contributed by atoms with E-state index in [0.29, 0.717) is 16.4 Å². The van der Waals surface area contributed by atoms with Crippen LogP contribution in [-0.2, 0) is 23.8 Å². The molecule has 0 aliphatic heterocycles. The van der Waals surface area contributed by atoms with Gasteiger partial charge in [-0.05, 0) is 78.8 Å². The number of carbonyl (C=O) groups is 2. The Morgan fingerprint density at radius 2 is 1.53 bits per heavy atom. The molecule has 2 aromatic heterocycles. The van der Waals surface area contributed by atoms with Gasteiger partial charge in [0, 0.05) is 12.3 Å². The minimum absolute atomic E-state index is 0.00682. The number of ether oxygens (including phenoxy) is 3. The summed E-state index contributed by atoms with van der Waals surface area (Å²) in [6, 6.07) is 13.1. The molecule has 0 N–H and O–H groups in total. The number of aryl methyl sites for hydroxylation is 1. The lowest BCUT2D eigenvalue weighted by molar-refractivity contribution is 0.0428. The van der Waals surface area contributed by atoms with Gasteiger partial charge in [0.05, 0.1) is 15.1 Å². The summed E-state index contributed by atoms with van der Waals surface area (Å²) in [5.74, 6) is 0.508. The normalized spacial score (nSPS) is 12.3. The molecule has 0 aliphatic carbocycles. The SMILES string of the molecule is Cc1ccc(S(=O)(=O)OCCOc2ccc3nc(-n4ccc(N(C(=O)OC(C)(C)C)C(=O)OC(C)(C)C)n4)sc3c2)cc1. The van der Waals surface area contributed by atoms with Crippen LogP contribution in [0.2, 0.25) is 0 Å². The molecule has 2 amide bonds. The van der Waals surface area contributed by atoms with E-state index in [0.717, 1.165) is 15.2 Å². The average Bonchev–Trinajstić information content (AvgIpc) is 3.52. The molecular formula is C29H34N4O8S2. The fraction of sp³-hybridized carbons (Fsp3) is 0.379. The first-order chi connectivity index (χ1) is 20.0. The summed E-state index contributed by atoms with van der Waals surface area (Å²) in [4.78, 5) is 31.3. The molecule has 12 nitrogen and oxygen atoms in total. The van der Waals surface area contributed by atoms with Crippen LogP contribution in [0.5, 0.6) is 5.75 Å². The third-order valence-corrected chi connectivity index (χ3v) is 7.74. The predicted octanol–water partition coefficient (Wildman–Crippen LogP) is 6.25. The van der Waals surface area contributed by atoms with Crippen LogP contribution >= 0.6 is 11.3 Å². The van der Waals surface area contributed by atoms with Crippen LogP contribution in [0, 0.1) is 6.92 Å². The van der Waals surface area contributed by atoms with E-state index < -0.39 is 33.5 Å². The highest BCUT2D eigenvalue weighted by Crippen LogP contribution is 2.29. The Hall–Kier alpha value is -4.01. The van der Waals surface area contributed by atoms with E-state index in [1.54, 1.807) is 78.1 Å². The van der Waals surface area contributed by atoms with Gasteiger partial charge in [-0.3, -0.25) is 4.18 Å². The quantitative estimate of drug-likeness (QED) is 0.162. The molecule has 2 aromatic carbocycles. The van der Waals surface area contributed by atoms with Gasteiger partial charge < -0.3 is 14.2 Å². The molecule has 0 aliphatic rings. The highest BCUT2D eigenvalue weighted by molar-refractivity contribution is 7.86. The second-order valence-electron chi connectivity index (χ2n) is 11.5. The van der Waals surface area contributed by atoms with Gasteiger partial charge in [0.25, 0.3) is 10.1 Å². The molecule has 0 saturated heterocycles. The van der Waals surface area contributed by atoms with Gasteiger partial charge >= 0.3 is 12.2 Å². The third kappa shape index (κ3) is 8.52. The third-order valence-electron chi connectivity index (χ3n) is 5.40. The largest absolute Gasteiger partial charge is 0.491 e. The van der Waals surface area contributed by atoms with Crippen molar-refractivity contribution in [2.45, 2.75) is 64.6 Å². The average molecular weight is 631 g/mol. The van der Waals surface area contributed by atoms with Gasteiger partial charge in [0.15, 0.2) is 5.82 Å². The summed E-state index contributed by atoms with van der Waals surface area (Å²) in [5.41, 5.74) is -0.0956. The van der Waals surface area contributed by atoms with Gasteiger partial charge in [0.1, 0.15) is 30.2 Å². The molecule has 0 fully saturated rings. The number of rotatable bonds is 8. The molecule has 14 heteroatoms. The summed E-state index contributed by atoms with van der Waals surface area (Å²) in [6.07, 6.45) is -0.277. The number of carbonyl (C=O) groups excluding carboxylic acids is 2. The summed E-state index contributed by atoms with van der Waals surface area (Å²) in [6.45, 7) is 11.9. The Morgan fingerprint density at radius 1 is 0.907 bits per heavy atom. The maximum atomic E-state index is 12.9. The molecule has 4 aromatic rings. The molecule has 2 heterocycles. The first kappa shape index (κ1) is 31.9. The lowest BCUT2D eigenvalue weighted by atomic mass is 10.2. The number of fused-ring (bicyclic) bond motifs is 1. The Labute approximate surface area is 254 Å². The Balaban J connectivity index is 1.46. The maximum Gasteiger partial charge on any atom is 0.425 e.